The molecule has 1 saturated heterocycles. The Labute approximate surface area is 153 Å². The molecule has 5 nitrogen and oxygen atoms in total. The van der Waals surface area contributed by atoms with Gasteiger partial charge in [-0.15, -0.1) is 11.8 Å². The van der Waals surface area contributed by atoms with Gasteiger partial charge in [0.25, 0.3) is 5.91 Å². The highest BCUT2D eigenvalue weighted by atomic mass is 32.2. The second-order valence-corrected chi connectivity index (χ2v) is 7.55. The number of thioether (sulfide) groups is 1. The standard InChI is InChI=1S/C19H25N3O2S/c1-14-17(15(2)24-20-14)13-25-18-8-5-4-7-16(18)19(23)22-10-6-9-21(3)11-12-22/h4-5,7-8H,6,9-13H2,1-3H3. The number of rotatable bonds is 4. The van der Waals surface area contributed by atoms with Crippen molar-refractivity contribution in [2.24, 2.45) is 0 Å². The molecule has 1 aliphatic heterocycles. The third kappa shape index (κ3) is 4.25. The van der Waals surface area contributed by atoms with Gasteiger partial charge in [0, 0.05) is 35.8 Å². The minimum atomic E-state index is 0.136. The van der Waals surface area contributed by atoms with Gasteiger partial charge >= 0.3 is 0 Å². The number of carbonyl (C=O) groups is 1. The van der Waals surface area contributed by atoms with Gasteiger partial charge in [0.2, 0.25) is 0 Å². The molecule has 0 bridgehead atoms. The molecule has 0 saturated carbocycles. The summed E-state index contributed by atoms with van der Waals surface area (Å²) in [7, 11) is 2.11. The summed E-state index contributed by atoms with van der Waals surface area (Å²) in [5.74, 6) is 1.75. The van der Waals surface area contributed by atoms with E-state index in [-0.39, 0.29) is 5.91 Å². The van der Waals surface area contributed by atoms with Crippen molar-refractivity contribution in [2.45, 2.75) is 30.9 Å². The van der Waals surface area contributed by atoms with Crippen molar-refractivity contribution in [3.63, 3.8) is 0 Å². The number of likely N-dealkylation sites (N-methyl/N-ethyl adjacent to an activating group) is 1. The maximum absolute atomic E-state index is 13.0. The van der Waals surface area contributed by atoms with E-state index in [1.807, 2.05) is 43.0 Å². The number of hydrogen-bond donors (Lipinski definition) is 0. The number of aryl methyl sites for hydroxylation is 2. The Morgan fingerprint density at radius 3 is 2.76 bits per heavy atom. The van der Waals surface area contributed by atoms with Crippen molar-refractivity contribution in [1.29, 1.82) is 0 Å². The molecule has 6 heteroatoms. The average molecular weight is 359 g/mol. The van der Waals surface area contributed by atoms with E-state index in [4.69, 9.17) is 4.52 Å². The monoisotopic (exact) mass is 359 g/mol. The molecule has 0 radical (unpaired) electrons. The lowest BCUT2D eigenvalue weighted by atomic mass is 10.2. The number of amides is 1. The predicted octanol–water partition coefficient (Wildman–Crippen LogP) is 3.36. The van der Waals surface area contributed by atoms with Crippen LogP contribution in [0.4, 0.5) is 0 Å². The van der Waals surface area contributed by atoms with E-state index in [2.05, 4.69) is 17.1 Å². The third-order valence-electron chi connectivity index (χ3n) is 4.68. The molecule has 25 heavy (non-hydrogen) atoms. The van der Waals surface area contributed by atoms with Crippen LogP contribution in [0.5, 0.6) is 0 Å². The molecule has 1 aromatic heterocycles. The first-order valence-corrected chi connectivity index (χ1v) is 9.66. The van der Waals surface area contributed by atoms with E-state index in [1.165, 1.54) is 0 Å². The van der Waals surface area contributed by atoms with E-state index in [9.17, 15) is 4.79 Å². The smallest absolute Gasteiger partial charge is 0.255 e. The molecule has 1 fully saturated rings. The molecule has 2 heterocycles. The van der Waals surface area contributed by atoms with Crippen LogP contribution in [-0.2, 0) is 5.75 Å². The first kappa shape index (κ1) is 18.0. The molecule has 1 amide bonds. The summed E-state index contributed by atoms with van der Waals surface area (Å²) in [6.45, 7) is 7.48. The van der Waals surface area contributed by atoms with Crippen LogP contribution in [0.1, 0.15) is 33.8 Å². The van der Waals surface area contributed by atoms with Gasteiger partial charge in [-0.2, -0.15) is 0 Å². The molecule has 0 spiro atoms. The zero-order chi connectivity index (χ0) is 17.8. The maximum Gasteiger partial charge on any atom is 0.255 e. The Kier molecular flexibility index (Phi) is 5.81. The summed E-state index contributed by atoms with van der Waals surface area (Å²) in [6.07, 6.45) is 1.02. The van der Waals surface area contributed by atoms with Crippen LogP contribution in [0.2, 0.25) is 0 Å². The number of benzene rings is 1. The number of aromatic nitrogens is 1. The summed E-state index contributed by atoms with van der Waals surface area (Å²) in [6, 6.07) is 7.90. The van der Waals surface area contributed by atoms with Crippen LogP contribution in [0.25, 0.3) is 0 Å². The highest BCUT2D eigenvalue weighted by Crippen LogP contribution is 2.29. The summed E-state index contributed by atoms with van der Waals surface area (Å²) in [5, 5.41) is 4.01. The van der Waals surface area contributed by atoms with Crippen molar-refractivity contribution in [3.05, 3.63) is 46.8 Å². The fourth-order valence-electron chi connectivity index (χ4n) is 3.05. The van der Waals surface area contributed by atoms with E-state index < -0.39 is 0 Å². The molecule has 1 aromatic carbocycles. The first-order chi connectivity index (χ1) is 12.1. The largest absolute Gasteiger partial charge is 0.361 e. The van der Waals surface area contributed by atoms with Gasteiger partial charge in [0.1, 0.15) is 5.76 Å². The fraction of sp³-hybridized carbons (Fsp3) is 0.474. The van der Waals surface area contributed by atoms with Crippen molar-refractivity contribution >= 4 is 17.7 Å². The summed E-state index contributed by atoms with van der Waals surface area (Å²) >= 11 is 1.67. The fourth-order valence-corrected chi connectivity index (χ4v) is 4.24. The van der Waals surface area contributed by atoms with Crippen molar-refractivity contribution in [1.82, 2.24) is 15.0 Å². The Bertz CT molecular complexity index is 725. The average Bonchev–Trinajstić information content (AvgIpc) is 2.80. The molecular weight excluding hydrogens is 334 g/mol. The highest BCUT2D eigenvalue weighted by Gasteiger charge is 2.21. The molecule has 0 aliphatic carbocycles. The lowest BCUT2D eigenvalue weighted by molar-refractivity contribution is 0.0759. The Morgan fingerprint density at radius 1 is 1.20 bits per heavy atom. The zero-order valence-corrected chi connectivity index (χ0v) is 15.9. The second kappa shape index (κ2) is 8.06. The molecular formula is C19H25N3O2S. The Balaban J connectivity index is 1.75. The van der Waals surface area contributed by atoms with E-state index in [0.29, 0.717) is 0 Å². The van der Waals surface area contributed by atoms with Gasteiger partial charge in [-0.3, -0.25) is 4.79 Å². The number of nitrogens with zero attached hydrogens (tertiary/aromatic N) is 3. The van der Waals surface area contributed by atoms with Gasteiger partial charge in [-0.1, -0.05) is 17.3 Å². The van der Waals surface area contributed by atoms with Crippen molar-refractivity contribution < 1.29 is 9.32 Å². The second-order valence-electron chi connectivity index (χ2n) is 6.54. The lowest BCUT2D eigenvalue weighted by Crippen LogP contribution is -2.34. The quantitative estimate of drug-likeness (QED) is 0.784. The van der Waals surface area contributed by atoms with Crippen LogP contribution in [-0.4, -0.2) is 54.1 Å². The molecule has 0 atom stereocenters. The molecule has 0 unspecified atom stereocenters. The van der Waals surface area contributed by atoms with Gasteiger partial charge in [0.15, 0.2) is 0 Å². The number of carbonyl (C=O) groups excluding carboxylic acids is 1. The maximum atomic E-state index is 13.0. The number of hydrogen-bond acceptors (Lipinski definition) is 5. The van der Waals surface area contributed by atoms with Crippen molar-refractivity contribution in [2.75, 3.05) is 33.2 Å². The summed E-state index contributed by atoms with van der Waals surface area (Å²) in [5.41, 5.74) is 2.83. The SMILES string of the molecule is Cc1noc(C)c1CSc1ccccc1C(=O)N1CCCN(C)CC1. The topological polar surface area (TPSA) is 49.6 Å². The molecule has 134 valence electrons. The van der Waals surface area contributed by atoms with Gasteiger partial charge < -0.3 is 14.3 Å². The van der Waals surface area contributed by atoms with Crippen LogP contribution in [0.3, 0.4) is 0 Å². The zero-order valence-electron chi connectivity index (χ0n) is 15.1. The summed E-state index contributed by atoms with van der Waals surface area (Å²) in [4.78, 5) is 18.3. The predicted molar refractivity (Wildman–Crippen MR) is 100.0 cm³/mol. The Morgan fingerprint density at radius 2 is 2.00 bits per heavy atom. The van der Waals surface area contributed by atoms with E-state index in [0.717, 1.165) is 65.8 Å². The van der Waals surface area contributed by atoms with Crippen LogP contribution >= 0.6 is 11.8 Å². The molecule has 0 N–H and O–H groups in total. The van der Waals surface area contributed by atoms with Crippen molar-refractivity contribution in [3.8, 4) is 0 Å². The first-order valence-electron chi connectivity index (χ1n) is 8.67. The van der Waals surface area contributed by atoms with E-state index in [1.54, 1.807) is 11.8 Å². The molecule has 3 rings (SSSR count). The molecule has 2 aromatic rings. The van der Waals surface area contributed by atoms with E-state index >= 15 is 0 Å². The van der Waals surface area contributed by atoms with Crippen LogP contribution < -0.4 is 0 Å². The van der Waals surface area contributed by atoms with Gasteiger partial charge in [-0.05, 0) is 46.0 Å². The van der Waals surface area contributed by atoms with Crippen LogP contribution in [0, 0.1) is 13.8 Å². The summed E-state index contributed by atoms with van der Waals surface area (Å²) < 4.78 is 5.24. The lowest BCUT2D eigenvalue weighted by Gasteiger charge is -2.22. The van der Waals surface area contributed by atoms with Gasteiger partial charge in [-0.25, -0.2) is 0 Å². The normalized spacial score (nSPS) is 16.0. The van der Waals surface area contributed by atoms with Gasteiger partial charge in [0.05, 0.1) is 11.3 Å². The third-order valence-corrected chi connectivity index (χ3v) is 5.78. The molecule has 1 aliphatic rings. The minimum absolute atomic E-state index is 0.136. The minimum Gasteiger partial charge on any atom is -0.361 e. The highest BCUT2D eigenvalue weighted by molar-refractivity contribution is 7.98. The van der Waals surface area contributed by atoms with Crippen LogP contribution in [0.15, 0.2) is 33.7 Å². The Hall–Kier alpha value is -1.79.